The first-order valence-corrected chi connectivity index (χ1v) is 13.8. The average Bonchev–Trinajstić information content (AvgIpc) is 3.30. The molecule has 1 aromatic heterocycles. The highest BCUT2D eigenvalue weighted by Crippen LogP contribution is 2.32. The van der Waals surface area contributed by atoms with E-state index in [0.717, 1.165) is 72.6 Å². The van der Waals surface area contributed by atoms with Gasteiger partial charge in [-0.1, -0.05) is 30.4 Å². The predicted molar refractivity (Wildman–Crippen MR) is 147 cm³/mol. The number of thiazole rings is 1. The number of rotatable bonds is 6. The van der Waals surface area contributed by atoms with E-state index in [2.05, 4.69) is 59.0 Å². The van der Waals surface area contributed by atoms with E-state index in [1.165, 1.54) is 29.7 Å². The first kappa shape index (κ1) is 24.1. The maximum Gasteiger partial charge on any atom is 0.251 e. The van der Waals surface area contributed by atoms with Crippen LogP contribution in [0.1, 0.15) is 41.3 Å². The molecular formula is C28H37N5OS. The van der Waals surface area contributed by atoms with E-state index in [1.807, 2.05) is 18.2 Å². The molecule has 2 aromatic carbocycles. The van der Waals surface area contributed by atoms with Gasteiger partial charge in [-0.2, -0.15) is 0 Å². The number of fused-ring (bicyclic) bond motifs is 1. The van der Waals surface area contributed by atoms with Crippen LogP contribution in [0.15, 0.2) is 36.4 Å². The topological polar surface area (TPSA) is 51.7 Å². The third-order valence-corrected chi connectivity index (χ3v) is 8.78. The summed E-state index contributed by atoms with van der Waals surface area (Å²) in [6.45, 7) is 14.5. The second kappa shape index (κ2) is 10.5. The van der Waals surface area contributed by atoms with Crippen molar-refractivity contribution < 1.29 is 4.79 Å². The Morgan fingerprint density at radius 1 is 1.03 bits per heavy atom. The molecule has 0 unspecified atom stereocenters. The molecule has 3 aromatic rings. The van der Waals surface area contributed by atoms with E-state index in [4.69, 9.17) is 4.98 Å². The lowest BCUT2D eigenvalue weighted by atomic mass is 10.00. The largest absolute Gasteiger partial charge is 0.369 e. The minimum Gasteiger partial charge on any atom is -0.369 e. The number of benzene rings is 2. The number of carbonyl (C=O) groups is 1. The van der Waals surface area contributed by atoms with Crippen molar-refractivity contribution in [2.75, 3.05) is 62.2 Å². The van der Waals surface area contributed by atoms with Crippen molar-refractivity contribution in [2.45, 2.75) is 33.6 Å². The molecular weight excluding hydrogens is 454 g/mol. The summed E-state index contributed by atoms with van der Waals surface area (Å²) in [7, 11) is 0. The molecule has 5 rings (SSSR count). The number of carbonyl (C=O) groups excluding carboxylic acids is 1. The molecule has 0 bridgehead atoms. The Hall–Kier alpha value is -2.64. The first-order valence-electron chi connectivity index (χ1n) is 12.9. The van der Waals surface area contributed by atoms with Crippen molar-refractivity contribution in [3.05, 3.63) is 53.1 Å². The molecule has 2 fully saturated rings. The zero-order chi connectivity index (χ0) is 24.4. The fourth-order valence-corrected chi connectivity index (χ4v) is 6.17. The highest BCUT2D eigenvalue weighted by molar-refractivity contribution is 7.22. The van der Waals surface area contributed by atoms with Crippen molar-refractivity contribution in [2.24, 2.45) is 5.92 Å². The summed E-state index contributed by atoms with van der Waals surface area (Å²) >= 11 is 1.71. The lowest BCUT2D eigenvalue weighted by Gasteiger charge is -2.37. The Balaban J connectivity index is 1.11. The van der Waals surface area contributed by atoms with Crippen molar-refractivity contribution in [1.29, 1.82) is 0 Å². The summed E-state index contributed by atoms with van der Waals surface area (Å²) < 4.78 is 1.09. The van der Waals surface area contributed by atoms with Gasteiger partial charge in [0.05, 0.1) is 10.2 Å². The van der Waals surface area contributed by atoms with E-state index in [0.29, 0.717) is 6.54 Å². The standard InChI is InChI=1S/C28H37N5OS/c1-20-9-12-33(13-10-20)28-30-24-8-7-23(19-26(24)35-28)27(34)29-11-14-31-15-17-32(18-16-31)25-6-4-5-21(2)22(25)3/h4-8,19-20H,9-18H2,1-3H3,(H,29,34). The average molecular weight is 492 g/mol. The number of anilines is 2. The van der Waals surface area contributed by atoms with Crippen LogP contribution in [0.2, 0.25) is 0 Å². The van der Waals surface area contributed by atoms with E-state index < -0.39 is 0 Å². The van der Waals surface area contributed by atoms with Gasteiger partial charge in [0.15, 0.2) is 5.13 Å². The van der Waals surface area contributed by atoms with Gasteiger partial charge in [0.25, 0.3) is 5.91 Å². The smallest absolute Gasteiger partial charge is 0.251 e. The number of aryl methyl sites for hydroxylation is 1. The summed E-state index contributed by atoms with van der Waals surface area (Å²) in [5.74, 6) is 0.805. The molecule has 7 heteroatoms. The number of hydrogen-bond donors (Lipinski definition) is 1. The lowest BCUT2D eigenvalue weighted by molar-refractivity contribution is 0.0948. The number of piperidine rings is 1. The van der Waals surface area contributed by atoms with Crippen LogP contribution < -0.4 is 15.1 Å². The van der Waals surface area contributed by atoms with Crippen molar-refractivity contribution in [1.82, 2.24) is 15.2 Å². The van der Waals surface area contributed by atoms with Gasteiger partial charge in [0, 0.05) is 63.6 Å². The third kappa shape index (κ3) is 5.46. The molecule has 6 nitrogen and oxygen atoms in total. The van der Waals surface area contributed by atoms with Crippen molar-refractivity contribution in [3.8, 4) is 0 Å². The van der Waals surface area contributed by atoms with Gasteiger partial charge < -0.3 is 15.1 Å². The highest BCUT2D eigenvalue weighted by atomic mass is 32.1. The lowest BCUT2D eigenvalue weighted by Crippen LogP contribution is -2.48. The summed E-state index contributed by atoms with van der Waals surface area (Å²) in [6.07, 6.45) is 2.45. The van der Waals surface area contributed by atoms with Gasteiger partial charge in [-0.3, -0.25) is 9.69 Å². The van der Waals surface area contributed by atoms with E-state index in [9.17, 15) is 4.79 Å². The minimum atomic E-state index is 0.00247. The SMILES string of the molecule is Cc1cccc(N2CCN(CCNC(=O)c3ccc4nc(N5CCC(C)CC5)sc4c3)CC2)c1C. The van der Waals surface area contributed by atoms with Gasteiger partial charge in [-0.15, -0.1) is 0 Å². The monoisotopic (exact) mass is 491 g/mol. The maximum atomic E-state index is 12.8. The second-order valence-electron chi connectivity index (χ2n) is 10.2. The van der Waals surface area contributed by atoms with E-state index in [1.54, 1.807) is 11.3 Å². The van der Waals surface area contributed by atoms with Crippen LogP contribution in [0.3, 0.4) is 0 Å². The minimum absolute atomic E-state index is 0.00247. The van der Waals surface area contributed by atoms with Crippen LogP contribution >= 0.6 is 11.3 Å². The maximum absolute atomic E-state index is 12.8. The van der Waals surface area contributed by atoms with Gasteiger partial charge in [-0.05, 0) is 68.0 Å². The number of nitrogens with zero attached hydrogens (tertiary/aromatic N) is 4. The van der Waals surface area contributed by atoms with Gasteiger partial charge in [0.1, 0.15) is 0 Å². The van der Waals surface area contributed by atoms with Crippen LogP contribution in [0.4, 0.5) is 10.8 Å². The van der Waals surface area contributed by atoms with Gasteiger partial charge >= 0.3 is 0 Å². The normalized spacial score (nSPS) is 17.8. The fraction of sp³-hybridized carbons (Fsp3) is 0.500. The summed E-state index contributed by atoms with van der Waals surface area (Å²) in [4.78, 5) is 25.0. The van der Waals surface area contributed by atoms with Crippen LogP contribution in [-0.2, 0) is 0 Å². The molecule has 3 heterocycles. The van der Waals surface area contributed by atoms with E-state index >= 15 is 0 Å². The number of amides is 1. The molecule has 0 aliphatic carbocycles. The molecule has 0 saturated carbocycles. The van der Waals surface area contributed by atoms with Gasteiger partial charge in [-0.25, -0.2) is 4.98 Å². The van der Waals surface area contributed by atoms with Crippen LogP contribution in [0.25, 0.3) is 10.2 Å². The summed E-state index contributed by atoms with van der Waals surface area (Å²) in [6, 6.07) is 12.5. The molecule has 0 spiro atoms. The second-order valence-corrected chi connectivity index (χ2v) is 11.2. The fourth-order valence-electron chi connectivity index (χ4n) is 5.11. The molecule has 0 atom stereocenters. The van der Waals surface area contributed by atoms with E-state index in [-0.39, 0.29) is 5.91 Å². The molecule has 0 radical (unpaired) electrons. The van der Waals surface area contributed by atoms with Crippen molar-refractivity contribution >= 4 is 38.3 Å². The third-order valence-electron chi connectivity index (χ3n) is 7.70. The number of aromatic nitrogens is 1. The Morgan fingerprint density at radius 2 is 1.80 bits per heavy atom. The Kier molecular flexibility index (Phi) is 7.25. The quantitative estimate of drug-likeness (QED) is 0.542. The van der Waals surface area contributed by atoms with Crippen LogP contribution in [0.5, 0.6) is 0 Å². The van der Waals surface area contributed by atoms with Crippen LogP contribution in [0, 0.1) is 19.8 Å². The molecule has 2 saturated heterocycles. The molecule has 2 aliphatic rings. The Labute approximate surface area is 212 Å². The zero-order valence-corrected chi connectivity index (χ0v) is 22.0. The van der Waals surface area contributed by atoms with Gasteiger partial charge in [0.2, 0.25) is 0 Å². The Bertz CT molecular complexity index is 1180. The molecule has 35 heavy (non-hydrogen) atoms. The number of hydrogen-bond acceptors (Lipinski definition) is 6. The number of nitrogens with one attached hydrogen (secondary N) is 1. The highest BCUT2D eigenvalue weighted by Gasteiger charge is 2.20. The van der Waals surface area contributed by atoms with Crippen molar-refractivity contribution in [3.63, 3.8) is 0 Å². The molecule has 1 N–H and O–H groups in total. The molecule has 186 valence electrons. The molecule has 1 amide bonds. The predicted octanol–water partition coefficient (Wildman–Crippen LogP) is 4.70. The van der Waals surface area contributed by atoms with Crippen LogP contribution in [-0.4, -0.2) is 68.1 Å². The number of piperazine rings is 1. The summed E-state index contributed by atoms with van der Waals surface area (Å²) in [5, 5.41) is 4.21. The summed E-state index contributed by atoms with van der Waals surface area (Å²) in [5.41, 5.74) is 5.79. The molecule has 2 aliphatic heterocycles. The zero-order valence-electron chi connectivity index (χ0n) is 21.2. The Morgan fingerprint density at radius 3 is 2.57 bits per heavy atom. The first-order chi connectivity index (χ1) is 17.0.